The maximum Gasteiger partial charge on any atom is 0.195 e. The first-order valence-electron chi connectivity index (χ1n) is 4.75. The van der Waals surface area contributed by atoms with E-state index in [1.807, 2.05) is 0 Å². The number of phenols is 1. The van der Waals surface area contributed by atoms with Gasteiger partial charge in [-0.05, 0) is 32.9 Å². The van der Waals surface area contributed by atoms with Crippen molar-refractivity contribution in [2.75, 3.05) is 0 Å². The van der Waals surface area contributed by atoms with Gasteiger partial charge < -0.3 is 9.52 Å². The molecule has 2 rings (SSSR count). The van der Waals surface area contributed by atoms with E-state index in [2.05, 4.69) is 0 Å². The lowest BCUT2D eigenvalue weighted by molar-refractivity contribution is 0.468. The highest BCUT2D eigenvalue weighted by Gasteiger charge is 2.11. The summed E-state index contributed by atoms with van der Waals surface area (Å²) < 4.78 is 5.52. The van der Waals surface area contributed by atoms with Crippen molar-refractivity contribution in [1.29, 1.82) is 0 Å². The fourth-order valence-corrected chi connectivity index (χ4v) is 1.58. The van der Waals surface area contributed by atoms with Gasteiger partial charge in [-0.25, -0.2) is 0 Å². The van der Waals surface area contributed by atoms with Gasteiger partial charge in [-0.15, -0.1) is 0 Å². The van der Waals surface area contributed by atoms with E-state index in [-0.39, 0.29) is 11.2 Å². The van der Waals surface area contributed by atoms with Crippen molar-refractivity contribution in [3.05, 3.63) is 39.2 Å². The van der Waals surface area contributed by atoms with Crippen LogP contribution in [0.5, 0.6) is 5.75 Å². The van der Waals surface area contributed by atoms with Crippen molar-refractivity contribution in [3.8, 4) is 5.75 Å². The monoisotopic (exact) mass is 204 g/mol. The summed E-state index contributed by atoms with van der Waals surface area (Å²) in [7, 11) is 0. The summed E-state index contributed by atoms with van der Waals surface area (Å²) in [6, 6.07) is 3.11. The molecule has 0 spiro atoms. The van der Waals surface area contributed by atoms with Gasteiger partial charge in [0.25, 0.3) is 0 Å². The molecule has 15 heavy (non-hydrogen) atoms. The first-order valence-corrected chi connectivity index (χ1v) is 4.75. The molecule has 78 valence electrons. The number of rotatable bonds is 0. The lowest BCUT2D eigenvalue weighted by atomic mass is 10.1. The molecule has 0 atom stereocenters. The standard InChI is InChI=1S/C12H12O3/c1-6-8(3)15-12-7(2)10(13)5-4-9(12)11(6)14/h4-5,13H,1-3H3. The molecular formula is C12H12O3. The van der Waals surface area contributed by atoms with Gasteiger partial charge in [0.2, 0.25) is 0 Å². The van der Waals surface area contributed by atoms with Gasteiger partial charge in [0.1, 0.15) is 17.1 Å². The van der Waals surface area contributed by atoms with E-state index < -0.39 is 0 Å². The molecule has 1 N–H and O–H groups in total. The van der Waals surface area contributed by atoms with Crippen molar-refractivity contribution < 1.29 is 9.52 Å². The number of aryl methyl sites for hydroxylation is 2. The minimum absolute atomic E-state index is 0.0307. The normalized spacial score (nSPS) is 10.9. The van der Waals surface area contributed by atoms with Gasteiger partial charge in [0, 0.05) is 11.1 Å². The van der Waals surface area contributed by atoms with Gasteiger partial charge in [-0.1, -0.05) is 0 Å². The van der Waals surface area contributed by atoms with Crippen LogP contribution < -0.4 is 5.43 Å². The quantitative estimate of drug-likeness (QED) is 0.717. The average molecular weight is 204 g/mol. The third kappa shape index (κ3) is 1.31. The van der Waals surface area contributed by atoms with E-state index in [0.29, 0.717) is 27.9 Å². The Morgan fingerprint density at radius 2 is 1.80 bits per heavy atom. The second-order valence-corrected chi connectivity index (χ2v) is 3.70. The zero-order valence-electron chi connectivity index (χ0n) is 8.92. The summed E-state index contributed by atoms with van der Waals surface area (Å²) in [6.07, 6.45) is 0. The Hall–Kier alpha value is -1.77. The van der Waals surface area contributed by atoms with Crippen molar-refractivity contribution in [1.82, 2.24) is 0 Å². The molecule has 1 aromatic heterocycles. The lowest BCUT2D eigenvalue weighted by Gasteiger charge is -2.06. The number of hydrogen-bond donors (Lipinski definition) is 1. The third-order valence-corrected chi connectivity index (χ3v) is 2.75. The molecule has 0 aliphatic carbocycles. The van der Waals surface area contributed by atoms with Crippen LogP contribution >= 0.6 is 0 Å². The zero-order chi connectivity index (χ0) is 11.2. The predicted molar refractivity (Wildman–Crippen MR) is 58.4 cm³/mol. The average Bonchev–Trinajstić information content (AvgIpc) is 2.21. The molecule has 0 radical (unpaired) electrons. The van der Waals surface area contributed by atoms with E-state index in [1.54, 1.807) is 26.8 Å². The van der Waals surface area contributed by atoms with Crippen LogP contribution in [-0.2, 0) is 0 Å². The van der Waals surface area contributed by atoms with Crippen LogP contribution in [0.4, 0.5) is 0 Å². The van der Waals surface area contributed by atoms with Crippen LogP contribution in [-0.4, -0.2) is 5.11 Å². The molecule has 0 bridgehead atoms. The van der Waals surface area contributed by atoms with Crippen LogP contribution in [0.1, 0.15) is 16.9 Å². The Kier molecular flexibility index (Phi) is 2.03. The van der Waals surface area contributed by atoms with Gasteiger partial charge >= 0.3 is 0 Å². The van der Waals surface area contributed by atoms with Crippen LogP contribution in [0, 0.1) is 20.8 Å². The zero-order valence-corrected chi connectivity index (χ0v) is 8.92. The Labute approximate surface area is 87.0 Å². The number of aromatic hydroxyl groups is 1. The van der Waals surface area contributed by atoms with E-state index in [0.717, 1.165) is 0 Å². The topological polar surface area (TPSA) is 50.4 Å². The first kappa shape index (κ1) is 9.77. The fourth-order valence-electron chi connectivity index (χ4n) is 1.58. The predicted octanol–water partition coefficient (Wildman–Crippen LogP) is 2.42. The van der Waals surface area contributed by atoms with E-state index in [1.165, 1.54) is 6.07 Å². The molecule has 2 aromatic rings. The van der Waals surface area contributed by atoms with E-state index in [4.69, 9.17) is 4.42 Å². The highest BCUT2D eigenvalue weighted by atomic mass is 16.3. The largest absolute Gasteiger partial charge is 0.508 e. The maximum atomic E-state index is 11.9. The van der Waals surface area contributed by atoms with Gasteiger partial charge in [-0.2, -0.15) is 0 Å². The van der Waals surface area contributed by atoms with Gasteiger partial charge in [0.15, 0.2) is 5.43 Å². The Balaban J connectivity index is 3.06. The van der Waals surface area contributed by atoms with Crippen molar-refractivity contribution in [2.24, 2.45) is 0 Å². The fraction of sp³-hybridized carbons (Fsp3) is 0.250. The summed E-state index contributed by atoms with van der Waals surface area (Å²) >= 11 is 0. The van der Waals surface area contributed by atoms with Crippen LogP contribution in [0.25, 0.3) is 11.0 Å². The summed E-state index contributed by atoms with van der Waals surface area (Å²) in [6.45, 7) is 5.22. The number of benzene rings is 1. The van der Waals surface area contributed by atoms with Gasteiger partial charge in [0.05, 0.1) is 5.39 Å². The van der Waals surface area contributed by atoms with Crippen molar-refractivity contribution >= 4 is 11.0 Å². The molecule has 0 amide bonds. The lowest BCUT2D eigenvalue weighted by Crippen LogP contribution is -2.07. The molecule has 0 fully saturated rings. The number of phenolic OH excluding ortho intramolecular Hbond substituents is 1. The Morgan fingerprint density at radius 3 is 2.47 bits per heavy atom. The SMILES string of the molecule is Cc1oc2c(C)c(O)ccc2c(=O)c1C. The van der Waals surface area contributed by atoms with Crippen LogP contribution in [0.3, 0.4) is 0 Å². The molecule has 0 saturated carbocycles. The maximum absolute atomic E-state index is 11.9. The number of hydrogen-bond acceptors (Lipinski definition) is 3. The summed E-state index contributed by atoms with van der Waals surface area (Å²) in [5, 5.41) is 10.0. The van der Waals surface area contributed by atoms with Crippen molar-refractivity contribution in [3.63, 3.8) is 0 Å². The minimum Gasteiger partial charge on any atom is -0.508 e. The highest BCUT2D eigenvalue weighted by molar-refractivity contribution is 5.82. The molecule has 1 heterocycles. The molecule has 3 heteroatoms. The van der Waals surface area contributed by atoms with Crippen LogP contribution in [0.2, 0.25) is 0 Å². The van der Waals surface area contributed by atoms with Crippen molar-refractivity contribution in [2.45, 2.75) is 20.8 Å². The molecule has 0 aliphatic rings. The molecule has 0 unspecified atom stereocenters. The molecule has 0 aliphatic heterocycles. The van der Waals surface area contributed by atoms with E-state index >= 15 is 0 Å². The number of fused-ring (bicyclic) bond motifs is 1. The first-order chi connectivity index (χ1) is 7.02. The highest BCUT2D eigenvalue weighted by Crippen LogP contribution is 2.25. The molecular weight excluding hydrogens is 192 g/mol. The van der Waals surface area contributed by atoms with Crippen LogP contribution in [0.15, 0.2) is 21.3 Å². The Morgan fingerprint density at radius 1 is 1.13 bits per heavy atom. The molecule has 1 aromatic carbocycles. The second-order valence-electron chi connectivity index (χ2n) is 3.70. The third-order valence-electron chi connectivity index (χ3n) is 2.75. The summed E-state index contributed by atoms with van der Waals surface area (Å²) in [5.74, 6) is 0.745. The summed E-state index contributed by atoms with van der Waals surface area (Å²) in [4.78, 5) is 11.9. The molecule has 3 nitrogen and oxygen atoms in total. The summed E-state index contributed by atoms with van der Waals surface area (Å²) in [5.41, 5.74) is 1.67. The Bertz CT molecular complexity index is 594. The smallest absolute Gasteiger partial charge is 0.195 e. The minimum atomic E-state index is -0.0307. The second kappa shape index (κ2) is 3.12. The van der Waals surface area contributed by atoms with Gasteiger partial charge in [-0.3, -0.25) is 4.79 Å². The molecule has 0 saturated heterocycles. The van der Waals surface area contributed by atoms with E-state index in [9.17, 15) is 9.90 Å².